The minimum absolute atomic E-state index is 0.420. The van der Waals surface area contributed by atoms with Crippen LogP contribution in [0.1, 0.15) is 31.7 Å². The highest BCUT2D eigenvalue weighted by Gasteiger charge is 2.20. The molecule has 0 saturated heterocycles. The maximum atomic E-state index is 9.62. The van der Waals surface area contributed by atoms with Crippen molar-refractivity contribution in [2.75, 3.05) is 19.0 Å². The lowest BCUT2D eigenvalue weighted by Crippen LogP contribution is -2.30. The van der Waals surface area contributed by atoms with Gasteiger partial charge in [-0.05, 0) is 42.5 Å². The first kappa shape index (κ1) is 13.0. The molecule has 1 unspecified atom stereocenters. The number of nitrogens with one attached hydrogen (secondary N) is 1. The van der Waals surface area contributed by atoms with Crippen molar-refractivity contribution in [2.45, 2.75) is 32.4 Å². The fraction of sp³-hybridized carbons (Fsp3) is 0.467. The third-order valence-corrected chi connectivity index (χ3v) is 3.45. The largest absolute Gasteiger partial charge is 0.378 e. The van der Waals surface area contributed by atoms with Gasteiger partial charge in [0.15, 0.2) is 0 Å². The molecule has 2 N–H and O–H groups in total. The molecule has 2 rings (SSSR count). The maximum absolute atomic E-state index is 9.62. The van der Waals surface area contributed by atoms with Gasteiger partial charge in [-0.2, -0.15) is 0 Å². The van der Waals surface area contributed by atoms with Gasteiger partial charge in [-0.25, -0.2) is 0 Å². The highest BCUT2D eigenvalue weighted by Crippen LogP contribution is 2.35. The van der Waals surface area contributed by atoms with E-state index in [1.807, 2.05) is 21.0 Å². The fourth-order valence-electron chi connectivity index (χ4n) is 2.12. The molecule has 0 saturated carbocycles. The van der Waals surface area contributed by atoms with Crippen LogP contribution in [0, 0.1) is 0 Å². The Bertz CT molecular complexity index is 434. The van der Waals surface area contributed by atoms with Gasteiger partial charge in [0.25, 0.3) is 0 Å². The highest BCUT2D eigenvalue weighted by molar-refractivity contribution is 5.74. The molecule has 1 atom stereocenters. The van der Waals surface area contributed by atoms with E-state index >= 15 is 0 Å². The average Bonchev–Trinajstić information content (AvgIpc) is 2.35. The van der Waals surface area contributed by atoms with E-state index in [1.54, 1.807) is 0 Å². The molecule has 0 fully saturated rings. The van der Waals surface area contributed by atoms with E-state index in [9.17, 15) is 5.11 Å². The molecule has 3 nitrogen and oxygen atoms in total. The van der Waals surface area contributed by atoms with E-state index in [1.165, 1.54) is 22.5 Å². The van der Waals surface area contributed by atoms with Crippen molar-refractivity contribution in [3.8, 4) is 0 Å². The van der Waals surface area contributed by atoms with Crippen molar-refractivity contribution >= 4 is 11.3 Å². The van der Waals surface area contributed by atoms with Crippen LogP contribution in [0.25, 0.3) is 5.57 Å². The first-order valence-corrected chi connectivity index (χ1v) is 6.56. The second kappa shape index (κ2) is 5.44. The van der Waals surface area contributed by atoms with Gasteiger partial charge < -0.3 is 15.3 Å². The molecule has 1 aromatic carbocycles. The van der Waals surface area contributed by atoms with Gasteiger partial charge in [0.1, 0.15) is 6.23 Å². The molecular formula is C15H22N2O. The van der Waals surface area contributed by atoms with Crippen LogP contribution in [0.4, 0.5) is 5.69 Å². The normalized spacial score (nSPS) is 16.2. The number of allylic oxidation sites excluding steroid dienone is 2. The summed E-state index contributed by atoms with van der Waals surface area (Å²) in [6.07, 6.45) is 2.45. The lowest BCUT2D eigenvalue weighted by molar-refractivity contribution is 0.142. The van der Waals surface area contributed by atoms with Gasteiger partial charge in [-0.3, -0.25) is 0 Å². The van der Waals surface area contributed by atoms with Crippen molar-refractivity contribution in [2.24, 2.45) is 0 Å². The van der Waals surface area contributed by atoms with Crippen LogP contribution in [-0.2, 0) is 0 Å². The standard InChI is InChI=1S/C15H22N2O/c1-4-15(18)16-14-10-9-13(14)11-5-7-12(8-6-11)17(2)3/h5-8,15-16,18H,4,9-10H2,1-3H3. The minimum Gasteiger partial charge on any atom is -0.378 e. The number of hydrogen-bond acceptors (Lipinski definition) is 3. The zero-order valence-electron chi connectivity index (χ0n) is 11.4. The molecular weight excluding hydrogens is 224 g/mol. The first-order chi connectivity index (χ1) is 8.61. The number of aliphatic hydroxyl groups is 1. The topological polar surface area (TPSA) is 35.5 Å². The maximum Gasteiger partial charge on any atom is 0.123 e. The minimum atomic E-state index is -0.420. The Hall–Kier alpha value is -1.48. The lowest BCUT2D eigenvalue weighted by Gasteiger charge is -2.28. The first-order valence-electron chi connectivity index (χ1n) is 6.56. The highest BCUT2D eigenvalue weighted by atomic mass is 16.3. The monoisotopic (exact) mass is 246 g/mol. The van der Waals surface area contributed by atoms with Gasteiger partial charge >= 0.3 is 0 Å². The molecule has 0 amide bonds. The van der Waals surface area contributed by atoms with E-state index in [2.05, 4.69) is 34.5 Å². The molecule has 1 aromatic rings. The van der Waals surface area contributed by atoms with E-state index in [0.717, 1.165) is 19.3 Å². The van der Waals surface area contributed by atoms with Crippen LogP contribution >= 0.6 is 0 Å². The molecule has 0 aliphatic heterocycles. The van der Waals surface area contributed by atoms with Gasteiger partial charge in [-0.1, -0.05) is 19.1 Å². The Balaban J connectivity index is 2.14. The molecule has 3 heteroatoms. The van der Waals surface area contributed by atoms with Crippen LogP contribution in [0.5, 0.6) is 0 Å². The van der Waals surface area contributed by atoms with E-state index in [0.29, 0.717) is 0 Å². The molecule has 18 heavy (non-hydrogen) atoms. The third-order valence-electron chi connectivity index (χ3n) is 3.45. The van der Waals surface area contributed by atoms with Crippen molar-refractivity contribution in [3.05, 3.63) is 35.5 Å². The fourth-order valence-corrected chi connectivity index (χ4v) is 2.12. The summed E-state index contributed by atoms with van der Waals surface area (Å²) in [7, 11) is 4.09. The van der Waals surface area contributed by atoms with Gasteiger partial charge in [-0.15, -0.1) is 0 Å². The van der Waals surface area contributed by atoms with Crippen molar-refractivity contribution in [1.29, 1.82) is 0 Å². The average molecular weight is 246 g/mol. The quantitative estimate of drug-likeness (QED) is 0.784. The Morgan fingerprint density at radius 1 is 1.22 bits per heavy atom. The molecule has 0 radical (unpaired) electrons. The summed E-state index contributed by atoms with van der Waals surface area (Å²) in [5.41, 5.74) is 5.01. The SMILES string of the molecule is CCC(O)NC1=C(c2ccc(N(C)C)cc2)CC1. The van der Waals surface area contributed by atoms with Crippen LogP contribution in [0.15, 0.2) is 30.0 Å². The Labute approximate surface area is 109 Å². The smallest absolute Gasteiger partial charge is 0.123 e. The summed E-state index contributed by atoms with van der Waals surface area (Å²) >= 11 is 0. The zero-order valence-corrected chi connectivity index (χ0v) is 11.4. The third kappa shape index (κ3) is 2.67. The van der Waals surface area contributed by atoms with Gasteiger partial charge in [0.05, 0.1) is 0 Å². The van der Waals surface area contributed by atoms with Crippen LogP contribution in [0.3, 0.4) is 0 Å². The Kier molecular flexibility index (Phi) is 3.92. The number of aliphatic hydroxyl groups excluding tert-OH is 1. The summed E-state index contributed by atoms with van der Waals surface area (Å²) in [5.74, 6) is 0. The number of nitrogens with zero attached hydrogens (tertiary/aromatic N) is 1. The van der Waals surface area contributed by atoms with E-state index < -0.39 is 6.23 Å². The lowest BCUT2D eigenvalue weighted by atomic mass is 9.88. The predicted molar refractivity (Wildman–Crippen MR) is 76.4 cm³/mol. The second-order valence-corrected chi connectivity index (χ2v) is 4.97. The molecule has 0 bridgehead atoms. The summed E-state index contributed by atoms with van der Waals surface area (Å²) in [4.78, 5) is 2.10. The zero-order chi connectivity index (χ0) is 13.1. The molecule has 0 aromatic heterocycles. The van der Waals surface area contributed by atoms with Crippen LogP contribution in [0.2, 0.25) is 0 Å². The summed E-state index contributed by atoms with van der Waals surface area (Å²) in [6, 6.07) is 8.58. The molecule has 98 valence electrons. The van der Waals surface area contributed by atoms with Crippen molar-refractivity contribution in [1.82, 2.24) is 5.32 Å². The van der Waals surface area contributed by atoms with Gasteiger partial charge in [0, 0.05) is 25.5 Å². The van der Waals surface area contributed by atoms with Crippen LogP contribution < -0.4 is 10.2 Å². The summed E-state index contributed by atoms with van der Waals surface area (Å²) in [5, 5.41) is 12.8. The summed E-state index contributed by atoms with van der Waals surface area (Å²) in [6.45, 7) is 1.97. The van der Waals surface area contributed by atoms with E-state index in [4.69, 9.17) is 0 Å². The van der Waals surface area contributed by atoms with Crippen molar-refractivity contribution in [3.63, 3.8) is 0 Å². The van der Waals surface area contributed by atoms with Crippen molar-refractivity contribution < 1.29 is 5.11 Å². The molecule has 0 heterocycles. The van der Waals surface area contributed by atoms with Crippen LogP contribution in [-0.4, -0.2) is 25.4 Å². The molecule has 1 aliphatic carbocycles. The Morgan fingerprint density at radius 2 is 1.89 bits per heavy atom. The Morgan fingerprint density at radius 3 is 2.33 bits per heavy atom. The van der Waals surface area contributed by atoms with Gasteiger partial charge in [0.2, 0.25) is 0 Å². The number of benzene rings is 1. The number of rotatable bonds is 5. The molecule has 1 aliphatic rings. The van der Waals surface area contributed by atoms with E-state index in [-0.39, 0.29) is 0 Å². The predicted octanol–water partition coefficient (Wildman–Crippen LogP) is 2.58. The second-order valence-electron chi connectivity index (χ2n) is 4.97. The number of hydrogen-bond donors (Lipinski definition) is 2. The summed E-state index contributed by atoms with van der Waals surface area (Å²) < 4.78 is 0. The molecule has 0 spiro atoms. The number of anilines is 1.